The fourth-order valence-electron chi connectivity index (χ4n) is 2.68. The second-order valence-corrected chi connectivity index (χ2v) is 9.37. The summed E-state index contributed by atoms with van der Waals surface area (Å²) in [4.78, 5) is 60.6. The van der Waals surface area contributed by atoms with Gasteiger partial charge in [0.05, 0.1) is 6.54 Å². The predicted octanol–water partition coefficient (Wildman–Crippen LogP) is 1.02. The Morgan fingerprint density at radius 3 is 2.00 bits per heavy atom. The lowest BCUT2D eigenvalue weighted by Crippen LogP contribution is -2.62. The van der Waals surface area contributed by atoms with Crippen LogP contribution in [0.1, 0.15) is 47.1 Å². The van der Waals surface area contributed by atoms with Gasteiger partial charge in [-0.25, -0.2) is 4.79 Å². The van der Waals surface area contributed by atoms with Crippen molar-refractivity contribution in [3.05, 3.63) is 35.9 Å². The van der Waals surface area contributed by atoms with Crippen molar-refractivity contribution in [2.24, 2.45) is 5.92 Å². The molecule has 0 saturated heterocycles. The summed E-state index contributed by atoms with van der Waals surface area (Å²) in [5.74, 6) is -2.74. The number of amides is 4. The van der Waals surface area contributed by atoms with Crippen molar-refractivity contribution in [3.8, 4) is 0 Å². The van der Waals surface area contributed by atoms with E-state index in [9.17, 15) is 24.0 Å². The number of ether oxygens (including phenoxy) is 2. The summed E-state index contributed by atoms with van der Waals surface area (Å²) >= 11 is 0. The first-order valence-corrected chi connectivity index (χ1v) is 11.3. The summed E-state index contributed by atoms with van der Waals surface area (Å²) in [6.45, 7) is 9.02. The third-order valence-corrected chi connectivity index (χ3v) is 4.89. The standard InChI is InChI=1S/C24H36N4O7/c1-16(2)24(6,21(32)26-14-20(31)35-23(3,4)5)28-19(30)13-25-18(29)12-27-22(33)34-15-17-10-8-7-9-11-17/h7-11,16H,12-15H2,1-6H3,(H,25,29)(H,26,32)(H,27,33)(H,28,30)/t24-/m0/s1. The van der Waals surface area contributed by atoms with E-state index in [0.29, 0.717) is 0 Å². The van der Waals surface area contributed by atoms with Crippen molar-refractivity contribution in [2.75, 3.05) is 19.6 Å². The quantitative estimate of drug-likeness (QED) is 0.337. The maximum Gasteiger partial charge on any atom is 0.407 e. The molecule has 35 heavy (non-hydrogen) atoms. The van der Waals surface area contributed by atoms with Gasteiger partial charge in [-0.3, -0.25) is 19.2 Å². The van der Waals surface area contributed by atoms with Crippen LogP contribution < -0.4 is 21.3 Å². The monoisotopic (exact) mass is 492 g/mol. The Kier molecular flexibility index (Phi) is 11.2. The van der Waals surface area contributed by atoms with Crippen molar-refractivity contribution in [1.82, 2.24) is 21.3 Å². The average Bonchev–Trinajstić information content (AvgIpc) is 2.77. The van der Waals surface area contributed by atoms with Crippen molar-refractivity contribution in [3.63, 3.8) is 0 Å². The first kappa shape index (κ1) is 29.4. The molecule has 0 aromatic heterocycles. The Morgan fingerprint density at radius 1 is 0.829 bits per heavy atom. The molecule has 1 rings (SSSR count). The van der Waals surface area contributed by atoms with Crippen molar-refractivity contribution in [1.29, 1.82) is 0 Å². The number of esters is 1. The molecule has 11 heteroatoms. The van der Waals surface area contributed by atoms with Crippen LogP contribution >= 0.6 is 0 Å². The predicted molar refractivity (Wildman–Crippen MR) is 128 cm³/mol. The average molecular weight is 493 g/mol. The number of hydrogen-bond acceptors (Lipinski definition) is 7. The minimum absolute atomic E-state index is 0.0560. The first-order chi connectivity index (χ1) is 16.2. The van der Waals surface area contributed by atoms with Gasteiger partial charge in [0, 0.05) is 0 Å². The molecule has 4 N–H and O–H groups in total. The van der Waals surface area contributed by atoms with Gasteiger partial charge in [0.2, 0.25) is 17.7 Å². The van der Waals surface area contributed by atoms with Gasteiger partial charge in [0.15, 0.2) is 0 Å². The van der Waals surface area contributed by atoms with Crippen LogP contribution in [0.4, 0.5) is 4.79 Å². The molecule has 11 nitrogen and oxygen atoms in total. The van der Waals surface area contributed by atoms with Crippen molar-refractivity contribution in [2.45, 2.75) is 59.3 Å². The summed E-state index contributed by atoms with van der Waals surface area (Å²) in [5.41, 5.74) is -1.24. The third kappa shape index (κ3) is 11.4. The maximum absolute atomic E-state index is 12.7. The molecule has 1 atom stereocenters. The fraction of sp³-hybridized carbons (Fsp3) is 0.542. The molecular formula is C24H36N4O7. The Labute approximate surface area is 205 Å². The molecule has 1 aromatic carbocycles. The molecular weight excluding hydrogens is 456 g/mol. The number of carbonyl (C=O) groups is 5. The van der Waals surface area contributed by atoms with Crippen LogP contribution in [0.25, 0.3) is 0 Å². The van der Waals surface area contributed by atoms with Crippen LogP contribution in [0.2, 0.25) is 0 Å². The number of alkyl carbamates (subject to hydrolysis) is 1. The molecule has 0 unspecified atom stereocenters. The maximum atomic E-state index is 12.7. The van der Waals surface area contributed by atoms with E-state index >= 15 is 0 Å². The second kappa shape index (κ2) is 13.3. The largest absolute Gasteiger partial charge is 0.459 e. The molecule has 0 aliphatic heterocycles. The molecule has 0 radical (unpaired) electrons. The Bertz CT molecular complexity index is 897. The van der Waals surface area contributed by atoms with Crippen LogP contribution in [-0.2, 0) is 35.3 Å². The third-order valence-electron chi connectivity index (χ3n) is 4.89. The van der Waals surface area contributed by atoms with Gasteiger partial charge in [-0.05, 0) is 39.2 Å². The van der Waals surface area contributed by atoms with Crippen LogP contribution in [0.3, 0.4) is 0 Å². The molecule has 0 saturated carbocycles. The molecule has 0 bridgehead atoms. The number of benzene rings is 1. The number of hydrogen-bond donors (Lipinski definition) is 4. The van der Waals surface area contributed by atoms with E-state index < -0.39 is 54.0 Å². The van der Waals surface area contributed by atoms with Crippen LogP contribution in [0, 0.1) is 5.92 Å². The molecule has 0 heterocycles. The summed E-state index contributed by atoms with van der Waals surface area (Å²) in [7, 11) is 0. The highest BCUT2D eigenvalue weighted by molar-refractivity contribution is 5.94. The molecule has 0 aliphatic carbocycles. The zero-order chi connectivity index (χ0) is 26.6. The van der Waals surface area contributed by atoms with E-state index in [0.717, 1.165) is 5.56 Å². The zero-order valence-corrected chi connectivity index (χ0v) is 21.2. The highest BCUT2D eigenvalue weighted by atomic mass is 16.6. The van der Waals surface area contributed by atoms with Gasteiger partial charge < -0.3 is 30.7 Å². The van der Waals surface area contributed by atoms with Crippen molar-refractivity contribution < 1.29 is 33.4 Å². The second-order valence-electron chi connectivity index (χ2n) is 9.37. The van der Waals surface area contributed by atoms with Gasteiger partial charge in [-0.1, -0.05) is 44.2 Å². The lowest BCUT2D eigenvalue weighted by molar-refractivity contribution is -0.155. The van der Waals surface area contributed by atoms with Crippen LogP contribution in [0.15, 0.2) is 30.3 Å². The molecule has 0 spiro atoms. The summed E-state index contributed by atoms with van der Waals surface area (Å²) in [6.07, 6.45) is -0.775. The molecule has 194 valence electrons. The summed E-state index contributed by atoms with van der Waals surface area (Å²) in [5, 5.41) is 9.72. The smallest absolute Gasteiger partial charge is 0.407 e. The molecule has 0 aliphatic rings. The summed E-state index contributed by atoms with van der Waals surface area (Å²) < 4.78 is 10.2. The minimum atomic E-state index is -1.34. The topological polar surface area (TPSA) is 152 Å². The number of rotatable bonds is 11. The number of nitrogens with one attached hydrogen (secondary N) is 4. The Morgan fingerprint density at radius 2 is 1.43 bits per heavy atom. The van der Waals surface area contributed by atoms with E-state index in [1.165, 1.54) is 6.92 Å². The Hall–Kier alpha value is -3.63. The lowest BCUT2D eigenvalue weighted by Gasteiger charge is -2.33. The summed E-state index contributed by atoms with van der Waals surface area (Å²) in [6, 6.07) is 9.04. The van der Waals surface area contributed by atoms with Crippen molar-refractivity contribution >= 4 is 29.8 Å². The van der Waals surface area contributed by atoms with Gasteiger partial charge in [-0.15, -0.1) is 0 Å². The van der Waals surface area contributed by atoms with Crippen LogP contribution in [-0.4, -0.2) is 60.6 Å². The van der Waals surface area contributed by atoms with Gasteiger partial charge >= 0.3 is 12.1 Å². The van der Waals surface area contributed by atoms with Gasteiger partial charge in [0.1, 0.15) is 30.8 Å². The van der Waals surface area contributed by atoms with E-state index in [1.54, 1.807) is 46.8 Å². The highest BCUT2D eigenvalue weighted by Gasteiger charge is 2.38. The van der Waals surface area contributed by atoms with Gasteiger partial charge in [-0.2, -0.15) is 0 Å². The lowest BCUT2D eigenvalue weighted by atomic mass is 9.87. The molecule has 1 aromatic rings. The number of carbonyl (C=O) groups excluding carboxylic acids is 5. The Balaban J connectivity index is 2.45. The minimum Gasteiger partial charge on any atom is -0.459 e. The van der Waals surface area contributed by atoms with Crippen LogP contribution in [0.5, 0.6) is 0 Å². The van der Waals surface area contributed by atoms with E-state index in [-0.39, 0.29) is 19.1 Å². The SMILES string of the molecule is CC(C)[C@](C)(NC(=O)CNC(=O)CNC(=O)OCc1ccccc1)C(=O)NCC(=O)OC(C)(C)C. The molecule has 4 amide bonds. The highest BCUT2D eigenvalue weighted by Crippen LogP contribution is 2.17. The van der Waals surface area contributed by atoms with E-state index in [2.05, 4.69) is 21.3 Å². The molecule has 0 fully saturated rings. The van der Waals surface area contributed by atoms with E-state index in [1.807, 2.05) is 18.2 Å². The normalized spacial score (nSPS) is 12.7. The zero-order valence-electron chi connectivity index (χ0n) is 21.2. The van der Waals surface area contributed by atoms with Gasteiger partial charge in [0.25, 0.3) is 0 Å². The fourth-order valence-corrected chi connectivity index (χ4v) is 2.68. The first-order valence-electron chi connectivity index (χ1n) is 11.3. The van der Waals surface area contributed by atoms with E-state index in [4.69, 9.17) is 9.47 Å².